The Morgan fingerprint density at radius 3 is 2.57 bits per heavy atom. The van der Waals surface area contributed by atoms with Crippen molar-refractivity contribution in [1.29, 1.82) is 0 Å². The summed E-state index contributed by atoms with van der Waals surface area (Å²) in [7, 11) is 0. The molecule has 2 N–H and O–H groups in total. The summed E-state index contributed by atoms with van der Waals surface area (Å²) in [6.45, 7) is 0.580. The molecule has 0 amide bonds. The first kappa shape index (κ1) is 14.0. The van der Waals surface area contributed by atoms with E-state index in [9.17, 15) is 4.39 Å². The Hall–Kier alpha value is -1.91. The van der Waals surface area contributed by atoms with Crippen molar-refractivity contribution < 1.29 is 4.39 Å². The highest BCUT2D eigenvalue weighted by Crippen LogP contribution is 2.31. The first-order valence-corrected chi connectivity index (χ1v) is 7.60. The zero-order valence-electron chi connectivity index (χ0n) is 11.4. The number of rotatable bonds is 4. The molecule has 0 bridgehead atoms. The van der Waals surface area contributed by atoms with Crippen molar-refractivity contribution >= 4 is 22.7 Å². The Labute approximate surface area is 127 Å². The van der Waals surface area contributed by atoms with E-state index in [-0.39, 0.29) is 5.82 Å². The molecule has 3 aromatic rings. The van der Waals surface area contributed by atoms with Crippen LogP contribution in [0.25, 0.3) is 10.9 Å². The topological polar surface area (TPSA) is 38.9 Å². The van der Waals surface area contributed by atoms with Crippen LogP contribution in [0.2, 0.25) is 0 Å². The van der Waals surface area contributed by atoms with E-state index in [0.29, 0.717) is 6.54 Å². The third-order valence-electron chi connectivity index (χ3n) is 3.21. The second-order valence-electron chi connectivity index (χ2n) is 4.74. The number of hydrogen-bond acceptors (Lipinski definition) is 3. The van der Waals surface area contributed by atoms with Crippen LogP contribution in [0.1, 0.15) is 5.56 Å². The summed E-state index contributed by atoms with van der Waals surface area (Å²) in [5, 5.41) is 2.05. The largest absolute Gasteiger partial charge is 0.330 e. The zero-order chi connectivity index (χ0) is 14.7. The molecule has 2 aromatic carbocycles. The fourth-order valence-corrected chi connectivity index (χ4v) is 3.11. The van der Waals surface area contributed by atoms with Crippen LogP contribution >= 0.6 is 11.8 Å². The molecular weight excluding hydrogens is 283 g/mol. The second kappa shape index (κ2) is 6.24. The van der Waals surface area contributed by atoms with Crippen LogP contribution in [0.3, 0.4) is 0 Å². The lowest BCUT2D eigenvalue weighted by Crippen LogP contribution is -2.04. The number of nitrogens with two attached hydrogens (primary N) is 1. The van der Waals surface area contributed by atoms with Crippen molar-refractivity contribution in [2.24, 2.45) is 5.73 Å². The van der Waals surface area contributed by atoms with Crippen LogP contribution in [0.5, 0.6) is 0 Å². The number of para-hydroxylation sites is 1. The van der Waals surface area contributed by atoms with Gasteiger partial charge in [-0.05, 0) is 54.9 Å². The summed E-state index contributed by atoms with van der Waals surface area (Å²) in [4.78, 5) is 5.70. The summed E-state index contributed by atoms with van der Waals surface area (Å²) >= 11 is 1.54. The van der Waals surface area contributed by atoms with E-state index in [0.717, 1.165) is 32.8 Å². The first-order valence-electron chi connectivity index (χ1n) is 6.78. The van der Waals surface area contributed by atoms with E-state index in [1.165, 1.54) is 12.1 Å². The van der Waals surface area contributed by atoms with Gasteiger partial charge in [0.2, 0.25) is 0 Å². The maximum atomic E-state index is 13.0. The zero-order valence-corrected chi connectivity index (χ0v) is 12.2. The number of fused-ring (bicyclic) bond motifs is 1. The first-order chi connectivity index (χ1) is 10.3. The lowest BCUT2D eigenvalue weighted by Gasteiger charge is -2.09. The molecular formula is C17H15FN2S. The van der Waals surface area contributed by atoms with Crippen molar-refractivity contribution in [2.75, 3.05) is 6.54 Å². The molecule has 1 heterocycles. The molecule has 0 aliphatic heterocycles. The van der Waals surface area contributed by atoms with Crippen molar-refractivity contribution in [2.45, 2.75) is 16.3 Å². The number of hydrogen-bond donors (Lipinski definition) is 1. The fourth-order valence-electron chi connectivity index (χ4n) is 2.18. The van der Waals surface area contributed by atoms with Gasteiger partial charge in [-0.15, -0.1) is 0 Å². The molecule has 0 fully saturated rings. The Morgan fingerprint density at radius 1 is 1.05 bits per heavy atom. The molecule has 0 saturated heterocycles. The summed E-state index contributed by atoms with van der Waals surface area (Å²) in [6, 6.07) is 16.6. The van der Waals surface area contributed by atoms with Gasteiger partial charge in [-0.2, -0.15) is 0 Å². The molecule has 0 unspecified atom stereocenters. The summed E-state index contributed by atoms with van der Waals surface area (Å²) in [5.41, 5.74) is 7.79. The van der Waals surface area contributed by atoms with Gasteiger partial charge in [-0.3, -0.25) is 0 Å². The molecule has 0 radical (unpaired) electrons. The van der Waals surface area contributed by atoms with Gasteiger partial charge in [0.1, 0.15) is 10.8 Å². The highest BCUT2D eigenvalue weighted by molar-refractivity contribution is 7.99. The highest BCUT2D eigenvalue weighted by atomic mass is 32.2. The predicted molar refractivity (Wildman–Crippen MR) is 85.0 cm³/mol. The van der Waals surface area contributed by atoms with Crippen LogP contribution in [0, 0.1) is 5.82 Å². The summed E-state index contributed by atoms with van der Waals surface area (Å²) in [6.07, 6.45) is 0.779. The quantitative estimate of drug-likeness (QED) is 0.790. The van der Waals surface area contributed by atoms with E-state index in [1.807, 2.05) is 18.2 Å². The van der Waals surface area contributed by atoms with E-state index in [2.05, 4.69) is 12.1 Å². The van der Waals surface area contributed by atoms with Crippen LogP contribution in [-0.2, 0) is 6.42 Å². The van der Waals surface area contributed by atoms with Gasteiger partial charge >= 0.3 is 0 Å². The average Bonchev–Trinajstić information content (AvgIpc) is 2.50. The number of aromatic nitrogens is 1. The lowest BCUT2D eigenvalue weighted by atomic mass is 10.1. The SMILES string of the molecule is NCCc1cc2ccccc2nc1Sc1ccc(F)cc1. The maximum Gasteiger partial charge on any atom is 0.123 e. The smallest absolute Gasteiger partial charge is 0.123 e. The van der Waals surface area contributed by atoms with E-state index >= 15 is 0 Å². The number of nitrogens with zero attached hydrogens (tertiary/aromatic N) is 1. The minimum Gasteiger partial charge on any atom is -0.330 e. The summed E-state index contributed by atoms with van der Waals surface area (Å²) < 4.78 is 13.0. The number of benzene rings is 2. The lowest BCUT2D eigenvalue weighted by molar-refractivity contribution is 0.626. The molecule has 0 spiro atoms. The molecule has 2 nitrogen and oxygen atoms in total. The standard InChI is InChI=1S/C17H15FN2S/c18-14-5-7-15(8-6-14)21-17-13(9-10-19)11-12-3-1-2-4-16(12)20-17/h1-8,11H,9-10,19H2. The minimum absolute atomic E-state index is 0.229. The molecule has 0 aliphatic rings. The van der Waals surface area contributed by atoms with Gasteiger partial charge < -0.3 is 5.73 Å². The van der Waals surface area contributed by atoms with Gasteiger partial charge in [0.25, 0.3) is 0 Å². The monoisotopic (exact) mass is 298 g/mol. The van der Waals surface area contributed by atoms with Crippen LogP contribution in [0.4, 0.5) is 4.39 Å². The second-order valence-corrected chi connectivity index (χ2v) is 5.80. The van der Waals surface area contributed by atoms with Crippen LogP contribution < -0.4 is 5.73 Å². The van der Waals surface area contributed by atoms with Gasteiger partial charge in [0, 0.05) is 10.3 Å². The molecule has 0 aliphatic carbocycles. The van der Waals surface area contributed by atoms with Gasteiger partial charge in [0.15, 0.2) is 0 Å². The molecule has 0 saturated carbocycles. The molecule has 106 valence electrons. The van der Waals surface area contributed by atoms with Gasteiger partial charge in [-0.1, -0.05) is 30.0 Å². The Morgan fingerprint density at radius 2 is 1.81 bits per heavy atom. The Balaban J connectivity index is 2.02. The third-order valence-corrected chi connectivity index (χ3v) is 4.26. The molecule has 21 heavy (non-hydrogen) atoms. The number of halogens is 1. The maximum absolute atomic E-state index is 13.0. The van der Waals surface area contributed by atoms with Gasteiger partial charge in [-0.25, -0.2) is 9.37 Å². The van der Waals surface area contributed by atoms with E-state index in [4.69, 9.17) is 10.7 Å². The number of pyridine rings is 1. The predicted octanol–water partition coefficient (Wildman–Crippen LogP) is 4.03. The average molecular weight is 298 g/mol. The van der Waals surface area contributed by atoms with Crippen molar-refractivity contribution in [1.82, 2.24) is 4.98 Å². The van der Waals surface area contributed by atoms with Crippen molar-refractivity contribution in [3.05, 3.63) is 66.0 Å². The molecule has 0 atom stereocenters. The normalized spacial score (nSPS) is 11.0. The van der Waals surface area contributed by atoms with Crippen LogP contribution in [-0.4, -0.2) is 11.5 Å². The van der Waals surface area contributed by atoms with E-state index in [1.54, 1.807) is 23.9 Å². The van der Waals surface area contributed by atoms with Crippen LogP contribution in [0.15, 0.2) is 64.5 Å². The minimum atomic E-state index is -0.229. The highest BCUT2D eigenvalue weighted by Gasteiger charge is 2.08. The molecule has 1 aromatic heterocycles. The van der Waals surface area contributed by atoms with Crippen molar-refractivity contribution in [3.63, 3.8) is 0 Å². The molecule has 3 rings (SSSR count). The third kappa shape index (κ3) is 3.23. The Bertz CT molecular complexity index is 756. The van der Waals surface area contributed by atoms with Crippen molar-refractivity contribution in [3.8, 4) is 0 Å². The fraction of sp³-hybridized carbons (Fsp3) is 0.118. The summed E-state index contributed by atoms with van der Waals surface area (Å²) in [5.74, 6) is -0.229. The molecule has 4 heteroatoms. The Kier molecular flexibility index (Phi) is 4.18. The van der Waals surface area contributed by atoms with Gasteiger partial charge in [0.05, 0.1) is 5.52 Å². The van der Waals surface area contributed by atoms with E-state index < -0.39 is 0 Å².